The van der Waals surface area contributed by atoms with Crippen LogP contribution in [0.25, 0.3) is 0 Å². The molecule has 0 spiro atoms. The standard InChI is InChI=1S/C17H18N4O4/c22-16(12-3-1-4-14(11-12)21(23)24)20-13-5-7-15(8-6-13)25-17-18-9-2-10-19-17/h1-4,9-11,13,15H,5-8H2,(H,20,22). The molecule has 0 unspecified atom stereocenters. The number of non-ortho nitro benzene ring substituents is 1. The van der Waals surface area contributed by atoms with E-state index < -0.39 is 4.92 Å². The lowest BCUT2D eigenvalue weighted by molar-refractivity contribution is -0.384. The number of rotatable bonds is 5. The van der Waals surface area contributed by atoms with Gasteiger partial charge in [-0.1, -0.05) is 6.07 Å². The van der Waals surface area contributed by atoms with E-state index in [-0.39, 0.29) is 23.7 Å². The largest absolute Gasteiger partial charge is 0.460 e. The van der Waals surface area contributed by atoms with Crippen LogP contribution < -0.4 is 10.1 Å². The maximum absolute atomic E-state index is 12.3. The van der Waals surface area contributed by atoms with Gasteiger partial charge < -0.3 is 10.1 Å². The molecule has 0 radical (unpaired) electrons. The molecular formula is C17H18N4O4. The minimum atomic E-state index is -0.509. The predicted molar refractivity (Wildman–Crippen MR) is 89.3 cm³/mol. The molecule has 1 aliphatic rings. The van der Waals surface area contributed by atoms with Crippen molar-refractivity contribution in [1.29, 1.82) is 0 Å². The lowest BCUT2D eigenvalue weighted by Gasteiger charge is -2.28. The normalized spacial score (nSPS) is 19.8. The monoisotopic (exact) mass is 342 g/mol. The smallest absolute Gasteiger partial charge is 0.316 e. The van der Waals surface area contributed by atoms with Crippen LogP contribution >= 0.6 is 0 Å². The van der Waals surface area contributed by atoms with Crippen LogP contribution in [0.4, 0.5) is 5.69 Å². The van der Waals surface area contributed by atoms with Crippen LogP contribution in [-0.2, 0) is 0 Å². The molecule has 1 aromatic carbocycles. The molecule has 2 aromatic rings. The summed E-state index contributed by atoms with van der Waals surface area (Å²) < 4.78 is 5.73. The summed E-state index contributed by atoms with van der Waals surface area (Å²) in [5.41, 5.74) is 0.206. The molecule has 1 N–H and O–H groups in total. The van der Waals surface area contributed by atoms with Crippen LogP contribution in [0.2, 0.25) is 0 Å². The molecular weight excluding hydrogens is 324 g/mol. The first kappa shape index (κ1) is 16.8. The second-order valence-electron chi connectivity index (χ2n) is 5.90. The van der Waals surface area contributed by atoms with E-state index in [1.54, 1.807) is 24.5 Å². The van der Waals surface area contributed by atoms with E-state index in [2.05, 4.69) is 15.3 Å². The van der Waals surface area contributed by atoms with E-state index in [4.69, 9.17) is 4.74 Å². The molecule has 0 saturated heterocycles. The number of ether oxygens (including phenoxy) is 1. The number of nitro benzene ring substituents is 1. The van der Waals surface area contributed by atoms with Gasteiger partial charge in [0.05, 0.1) is 4.92 Å². The third-order valence-corrected chi connectivity index (χ3v) is 4.14. The number of nitrogens with one attached hydrogen (secondary N) is 1. The second-order valence-corrected chi connectivity index (χ2v) is 5.90. The Kier molecular flexibility index (Phi) is 5.17. The summed E-state index contributed by atoms with van der Waals surface area (Å²) in [7, 11) is 0. The molecule has 3 rings (SSSR count). The van der Waals surface area contributed by atoms with E-state index in [0.717, 1.165) is 25.7 Å². The summed E-state index contributed by atoms with van der Waals surface area (Å²) in [5, 5.41) is 13.7. The fraction of sp³-hybridized carbons (Fsp3) is 0.353. The van der Waals surface area contributed by atoms with Crippen LogP contribution in [0, 0.1) is 10.1 Å². The molecule has 1 fully saturated rings. The van der Waals surface area contributed by atoms with Crippen molar-refractivity contribution < 1.29 is 14.5 Å². The first-order chi connectivity index (χ1) is 12.1. The van der Waals surface area contributed by atoms with E-state index >= 15 is 0 Å². The third-order valence-electron chi connectivity index (χ3n) is 4.14. The van der Waals surface area contributed by atoms with E-state index in [9.17, 15) is 14.9 Å². The number of amides is 1. The van der Waals surface area contributed by atoms with Gasteiger partial charge in [-0.25, -0.2) is 9.97 Å². The van der Waals surface area contributed by atoms with Gasteiger partial charge in [0.2, 0.25) is 0 Å². The maximum atomic E-state index is 12.3. The Morgan fingerprint density at radius 3 is 2.56 bits per heavy atom. The Morgan fingerprint density at radius 1 is 1.16 bits per heavy atom. The van der Waals surface area contributed by atoms with Gasteiger partial charge in [0.15, 0.2) is 0 Å². The van der Waals surface area contributed by atoms with Gasteiger partial charge in [-0.05, 0) is 37.8 Å². The highest BCUT2D eigenvalue weighted by atomic mass is 16.6. The van der Waals surface area contributed by atoms with Gasteiger partial charge in [-0.3, -0.25) is 14.9 Å². The molecule has 1 heterocycles. The highest BCUT2D eigenvalue weighted by Gasteiger charge is 2.24. The number of nitro groups is 1. The van der Waals surface area contributed by atoms with Crippen molar-refractivity contribution >= 4 is 11.6 Å². The number of carbonyl (C=O) groups is 1. The van der Waals surface area contributed by atoms with Gasteiger partial charge in [-0.2, -0.15) is 0 Å². The van der Waals surface area contributed by atoms with Crippen molar-refractivity contribution in [2.45, 2.75) is 37.8 Å². The summed E-state index contributed by atoms with van der Waals surface area (Å²) in [6, 6.07) is 7.87. The molecule has 130 valence electrons. The molecule has 1 aromatic heterocycles. The summed E-state index contributed by atoms with van der Waals surface area (Å²) in [6.45, 7) is 0. The van der Waals surface area contributed by atoms with Gasteiger partial charge in [0.1, 0.15) is 6.10 Å². The van der Waals surface area contributed by atoms with Gasteiger partial charge in [0.25, 0.3) is 11.6 Å². The van der Waals surface area contributed by atoms with Crippen molar-refractivity contribution in [3.63, 3.8) is 0 Å². The average molecular weight is 342 g/mol. The van der Waals surface area contributed by atoms with Crippen molar-refractivity contribution in [1.82, 2.24) is 15.3 Å². The topological polar surface area (TPSA) is 107 Å². The van der Waals surface area contributed by atoms with Gasteiger partial charge >= 0.3 is 6.01 Å². The lowest BCUT2D eigenvalue weighted by atomic mass is 9.92. The summed E-state index contributed by atoms with van der Waals surface area (Å²) in [6.07, 6.45) is 6.43. The molecule has 25 heavy (non-hydrogen) atoms. The summed E-state index contributed by atoms with van der Waals surface area (Å²) >= 11 is 0. The fourth-order valence-electron chi connectivity index (χ4n) is 2.85. The Bertz CT molecular complexity index is 745. The average Bonchev–Trinajstić information content (AvgIpc) is 2.64. The first-order valence-corrected chi connectivity index (χ1v) is 8.11. The van der Waals surface area contributed by atoms with Crippen molar-refractivity contribution in [3.05, 3.63) is 58.4 Å². The molecule has 1 amide bonds. The van der Waals surface area contributed by atoms with E-state index in [0.29, 0.717) is 11.6 Å². The highest BCUT2D eigenvalue weighted by Crippen LogP contribution is 2.22. The minimum Gasteiger partial charge on any atom is -0.460 e. The zero-order valence-corrected chi connectivity index (χ0v) is 13.5. The Labute approximate surface area is 144 Å². The first-order valence-electron chi connectivity index (χ1n) is 8.11. The molecule has 0 aliphatic heterocycles. The second kappa shape index (κ2) is 7.69. The Morgan fingerprint density at radius 2 is 1.88 bits per heavy atom. The molecule has 1 aliphatic carbocycles. The predicted octanol–water partition coefficient (Wildman–Crippen LogP) is 2.50. The Hall–Kier alpha value is -3.03. The number of hydrogen-bond acceptors (Lipinski definition) is 6. The molecule has 0 atom stereocenters. The summed E-state index contributed by atoms with van der Waals surface area (Å²) in [5.74, 6) is -0.292. The number of hydrogen-bond donors (Lipinski definition) is 1. The number of nitrogens with zero attached hydrogens (tertiary/aromatic N) is 3. The van der Waals surface area contributed by atoms with Gasteiger partial charge in [0, 0.05) is 36.1 Å². The zero-order valence-electron chi connectivity index (χ0n) is 13.5. The zero-order chi connectivity index (χ0) is 17.6. The van der Waals surface area contributed by atoms with Crippen LogP contribution in [0.3, 0.4) is 0 Å². The Balaban J connectivity index is 1.51. The molecule has 8 nitrogen and oxygen atoms in total. The number of benzene rings is 1. The SMILES string of the molecule is O=C(NC1CCC(Oc2ncccn2)CC1)c1cccc([N+](=O)[O-])c1. The third kappa shape index (κ3) is 4.50. The fourth-order valence-corrected chi connectivity index (χ4v) is 2.85. The van der Waals surface area contributed by atoms with Crippen molar-refractivity contribution in [2.24, 2.45) is 0 Å². The van der Waals surface area contributed by atoms with E-state index in [1.165, 1.54) is 18.2 Å². The summed E-state index contributed by atoms with van der Waals surface area (Å²) in [4.78, 5) is 30.7. The molecule has 0 bridgehead atoms. The van der Waals surface area contributed by atoms with E-state index in [1.807, 2.05) is 0 Å². The van der Waals surface area contributed by atoms with Crippen molar-refractivity contribution in [3.8, 4) is 6.01 Å². The maximum Gasteiger partial charge on any atom is 0.316 e. The van der Waals surface area contributed by atoms with Crippen molar-refractivity contribution in [2.75, 3.05) is 0 Å². The van der Waals surface area contributed by atoms with Crippen LogP contribution in [-0.4, -0.2) is 32.9 Å². The molecule has 1 saturated carbocycles. The van der Waals surface area contributed by atoms with Gasteiger partial charge in [-0.15, -0.1) is 0 Å². The van der Waals surface area contributed by atoms with Crippen LogP contribution in [0.15, 0.2) is 42.7 Å². The van der Waals surface area contributed by atoms with Crippen LogP contribution in [0.5, 0.6) is 6.01 Å². The minimum absolute atomic E-state index is 0.0308. The quantitative estimate of drug-likeness (QED) is 0.661. The molecule has 8 heteroatoms. The van der Waals surface area contributed by atoms with Crippen LogP contribution in [0.1, 0.15) is 36.0 Å². The number of carbonyl (C=O) groups excluding carboxylic acids is 1. The number of aromatic nitrogens is 2. The highest BCUT2D eigenvalue weighted by molar-refractivity contribution is 5.95. The lowest BCUT2D eigenvalue weighted by Crippen LogP contribution is -2.39.